The van der Waals surface area contributed by atoms with Gasteiger partial charge in [-0.1, -0.05) is 65.7 Å². The highest BCUT2D eigenvalue weighted by Crippen LogP contribution is 2.29. The molecule has 1 aromatic heterocycles. The normalized spacial score (nSPS) is 11.7. The molecule has 3 aromatic carbocycles. The van der Waals surface area contributed by atoms with Gasteiger partial charge in [0.2, 0.25) is 5.91 Å². The van der Waals surface area contributed by atoms with Crippen LogP contribution in [0, 0.1) is 0 Å². The Hall–Kier alpha value is -4.60. The maximum Gasteiger partial charge on any atom is 0.409 e. The number of rotatable bonds is 9. The topological polar surface area (TPSA) is 133 Å². The van der Waals surface area contributed by atoms with Crippen LogP contribution >= 0.6 is 23.2 Å². The largest absolute Gasteiger partial charge is 0.465 e. The summed E-state index contributed by atoms with van der Waals surface area (Å²) in [6.07, 6.45) is 2.03. The fourth-order valence-corrected chi connectivity index (χ4v) is 4.41. The minimum atomic E-state index is -1.17. The molecule has 0 spiro atoms. The van der Waals surface area contributed by atoms with E-state index < -0.39 is 24.0 Å². The first-order valence-corrected chi connectivity index (χ1v) is 12.7. The lowest BCUT2D eigenvalue weighted by molar-refractivity contribution is -0.117. The van der Waals surface area contributed by atoms with Crippen LogP contribution in [0.15, 0.2) is 78.9 Å². The molecule has 1 atom stereocenters. The Kier molecular flexibility index (Phi) is 9.21. The average Bonchev–Trinajstić information content (AvgIpc) is 3.33. The molecule has 0 radical (unpaired) electrons. The van der Waals surface area contributed by atoms with Crippen molar-refractivity contribution in [2.45, 2.75) is 12.5 Å². The zero-order valence-corrected chi connectivity index (χ0v) is 22.7. The highest BCUT2D eigenvalue weighted by molar-refractivity contribution is 6.32. The maximum absolute atomic E-state index is 13.0. The van der Waals surface area contributed by atoms with Crippen LogP contribution in [0.4, 0.5) is 10.5 Å². The Bertz CT molecular complexity index is 1550. The number of aromatic nitrogens is 2. The van der Waals surface area contributed by atoms with Gasteiger partial charge in [0, 0.05) is 22.3 Å². The molecule has 11 heteroatoms. The number of amides is 2. The molecule has 0 aliphatic heterocycles. The molecule has 40 heavy (non-hydrogen) atoms. The Labute approximate surface area is 239 Å². The first-order valence-electron chi connectivity index (χ1n) is 12.0. The van der Waals surface area contributed by atoms with E-state index >= 15 is 0 Å². The van der Waals surface area contributed by atoms with Gasteiger partial charge in [-0.05, 0) is 54.0 Å². The number of imidazole rings is 1. The van der Waals surface area contributed by atoms with Crippen LogP contribution < -0.4 is 10.6 Å². The summed E-state index contributed by atoms with van der Waals surface area (Å²) in [4.78, 5) is 43.7. The number of anilines is 1. The van der Waals surface area contributed by atoms with Crippen LogP contribution in [-0.4, -0.2) is 40.2 Å². The van der Waals surface area contributed by atoms with Gasteiger partial charge in [-0.25, -0.2) is 14.6 Å². The highest BCUT2D eigenvalue weighted by Gasteiger charge is 2.21. The van der Waals surface area contributed by atoms with E-state index in [0.717, 1.165) is 5.56 Å². The number of halogens is 2. The smallest absolute Gasteiger partial charge is 0.409 e. The molecule has 4 N–H and O–H groups in total. The fraction of sp³-hybridized carbons (Fsp3) is 0.103. The van der Waals surface area contributed by atoms with Crippen molar-refractivity contribution in [3.63, 3.8) is 0 Å². The molecule has 0 saturated carbocycles. The minimum Gasteiger partial charge on any atom is -0.465 e. The van der Waals surface area contributed by atoms with Crippen LogP contribution in [0.5, 0.6) is 0 Å². The molecular weight excluding hydrogens is 555 g/mol. The molecule has 0 bridgehead atoms. The molecule has 0 aliphatic carbocycles. The van der Waals surface area contributed by atoms with E-state index in [9.17, 15) is 14.4 Å². The second kappa shape index (κ2) is 13.0. The summed E-state index contributed by atoms with van der Waals surface area (Å²) in [6, 6.07) is 20.2. The summed E-state index contributed by atoms with van der Waals surface area (Å²) < 4.78 is 4.81. The fourth-order valence-electron chi connectivity index (χ4n) is 3.98. The van der Waals surface area contributed by atoms with E-state index in [0.29, 0.717) is 39.8 Å². The molecule has 4 rings (SSSR count). The van der Waals surface area contributed by atoms with E-state index in [1.54, 1.807) is 36.4 Å². The Morgan fingerprint density at radius 1 is 1.05 bits per heavy atom. The Morgan fingerprint density at radius 2 is 1.77 bits per heavy atom. The molecule has 204 valence electrons. The van der Waals surface area contributed by atoms with Crippen molar-refractivity contribution in [1.82, 2.24) is 15.3 Å². The molecule has 4 aromatic rings. The lowest BCUT2D eigenvalue weighted by Gasteiger charge is -2.16. The van der Waals surface area contributed by atoms with Gasteiger partial charge in [-0.2, -0.15) is 0 Å². The van der Waals surface area contributed by atoms with E-state index in [2.05, 4.69) is 20.6 Å². The third-order valence-electron chi connectivity index (χ3n) is 5.85. The summed E-state index contributed by atoms with van der Waals surface area (Å²) in [5.41, 5.74) is 3.16. The third kappa shape index (κ3) is 7.28. The number of carbonyl (C=O) groups is 3. The molecule has 0 saturated heterocycles. The number of nitrogens with one attached hydrogen (secondary N) is 3. The molecule has 1 heterocycles. The van der Waals surface area contributed by atoms with Crippen molar-refractivity contribution in [3.05, 3.63) is 112 Å². The number of benzene rings is 3. The molecular formula is C29H24Cl2N4O5. The Morgan fingerprint density at radius 3 is 2.45 bits per heavy atom. The zero-order valence-electron chi connectivity index (χ0n) is 21.2. The summed E-state index contributed by atoms with van der Waals surface area (Å²) in [7, 11) is 1.27. The molecule has 9 nitrogen and oxygen atoms in total. The van der Waals surface area contributed by atoms with Gasteiger partial charge >= 0.3 is 12.1 Å². The molecule has 0 aliphatic rings. The minimum absolute atomic E-state index is 0.262. The maximum atomic E-state index is 13.0. The standard InChI is InChI=1S/C29H24Cl2N4O5/c1-40-28(37)22-13-10-20(30)16-19(22)9-14-24(36)33-23(15-17-5-3-2-4-6-17)27-34-25(26(31)35-27)18-7-11-21(12-8-18)32-29(38)39/h2-14,16,23,32H,15H2,1H3,(H,33,36)(H,34,35)(H,38,39)/b14-9+/t23-/m0/s1. The van der Waals surface area contributed by atoms with E-state index in [4.69, 9.17) is 33.0 Å². The second-order valence-electron chi connectivity index (χ2n) is 8.60. The number of ether oxygens (including phenoxy) is 1. The Balaban J connectivity index is 1.60. The third-order valence-corrected chi connectivity index (χ3v) is 6.36. The van der Waals surface area contributed by atoms with E-state index in [1.165, 1.54) is 25.3 Å². The lowest BCUT2D eigenvalue weighted by Crippen LogP contribution is -2.29. The van der Waals surface area contributed by atoms with Crippen molar-refractivity contribution < 1.29 is 24.2 Å². The number of carbonyl (C=O) groups excluding carboxylic acids is 2. The van der Waals surface area contributed by atoms with Crippen LogP contribution in [0.3, 0.4) is 0 Å². The number of aromatic amines is 1. The summed E-state index contributed by atoms with van der Waals surface area (Å²) in [6.45, 7) is 0. The zero-order chi connectivity index (χ0) is 28.6. The summed E-state index contributed by atoms with van der Waals surface area (Å²) >= 11 is 12.6. The second-order valence-corrected chi connectivity index (χ2v) is 9.41. The van der Waals surface area contributed by atoms with Crippen LogP contribution in [-0.2, 0) is 16.0 Å². The van der Waals surface area contributed by atoms with Crippen molar-refractivity contribution in [1.29, 1.82) is 0 Å². The van der Waals surface area contributed by atoms with Gasteiger partial charge in [0.25, 0.3) is 0 Å². The number of H-pyrrole nitrogens is 1. The number of hydrogen-bond acceptors (Lipinski definition) is 5. The molecule has 0 fully saturated rings. The quantitative estimate of drug-likeness (QED) is 0.135. The number of carboxylic acid groups (broad SMARTS) is 1. The number of methoxy groups -OCH3 is 1. The number of nitrogens with zero attached hydrogens (tertiary/aromatic N) is 1. The van der Waals surface area contributed by atoms with Gasteiger partial charge in [0.1, 0.15) is 16.7 Å². The van der Waals surface area contributed by atoms with Gasteiger partial charge in [0.05, 0.1) is 18.7 Å². The van der Waals surface area contributed by atoms with E-state index in [1.807, 2.05) is 30.3 Å². The predicted octanol–water partition coefficient (Wildman–Crippen LogP) is 6.37. The van der Waals surface area contributed by atoms with Gasteiger partial charge in [-0.15, -0.1) is 0 Å². The van der Waals surface area contributed by atoms with Crippen LogP contribution in [0.2, 0.25) is 10.2 Å². The summed E-state index contributed by atoms with van der Waals surface area (Å²) in [5.74, 6) is -0.561. The van der Waals surface area contributed by atoms with Gasteiger partial charge in [0.15, 0.2) is 0 Å². The molecule has 0 unspecified atom stereocenters. The van der Waals surface area contributed by atoms with Crippen molar-refractivity contribution in [3.8, 4) is 11.3 Å². The van der Waals surface area contributed by atoms with Gasteiger partial charge < -0.3 is 20.1 Å². The first-order chi connectivity index (χ1) is 19.2. The van der Waals surface area contributed by atoms with Gasteiger partial charge in [-0.3, -0.25) is 10.1 Å². The number of hydrogen-bond donors (Lipinski definition) is 4. The first kappa shape index (κ1) is 28.4. The van der Waals surface area contributed by atoms with Crippen molar-refractivity contribution in [2.24, 2.45) is 0 Å². The number of esters is 1. The average molecular weight is 579 g/mol. The summed E-state index contributed by atoms with van der Waals surface area (Å²) in [5, 5.41) is 14.8. The van der Waals surface area contributed by atoms with Crippen molar-refractivity contribution in [2.75, 3.05) is 12.4 Å². The van der Waals surface area contributed by atoms with E-state index in [-0.39, 0.29) is 10.7 Å². The van der Waals surface area contributed by atoms with Crippen molar-refractivity contribution >= 4 is 52.9 Å². The lowest BCUT2D eigenvalue weighted by atomic mass is 10.0. The monoisotopic (exact) mass is 578 g/mol. The van der Waals surface area contributed by atoms with Crippen LogP contribution in [0.1, 0.15) is 33.4 Å². The predicted molar refractivity (Wildman–Crippen MR) is 154 cm³/mol. The SMILES string of the molecule is COC(=O)c1ccc(Cl)cc1/C=C/C(=O)N[C@@H](Cc1ccccc1)c1nc(-c2ccc(NC(=O)O)cc2)c(Cl)[nH]1. The highest BCUT2D eigenvalue weighted by atomic mass is 35.5. The van der Waals surface area contributed by atoms with Crippen LogP contribution in [0.25, 0.3) is 17.3 Å². The molecule has 2 amide bonds.